The van der Waals surface area contributed by atoms with Gasteiger partial charge in [-0.2, -0.15) is 0 Å². The van der Waals surface area contributed by atoms with Crippen molar-refractivity contribution in [1.82, 2.24) is 0 Å². The number of ether oxygens (including phenoxy) is 1. The van der Waals surface area contributed by atoms with Gasteiger partial charge in [-0.1, -0.05) is 24.3 Å². The lowest BCUT2D eigenvalue weighted by atomic mass is 9.88. The van der Waals surface area contributed by atoms with Crippen LogP contribution in [0.15, 0.2) is 24.3 Å². The SMILES string of the molecule is CC(N)C1(c2ccc(CC3COC3)cc2)CC1. The summed E-state index contributed by atoms with van der Waals surface area (Å²) in [7, 11) is 0. The van der Waals surface area contributed by atoms with E-state index in [4.69, 9.17) is 10.5 Å². The van der Waals surface area contributed by atoms with Gasteiger partial charge in [0.1, 0.15) is 0 Å². The molecule has 2 aliphatic rings. The van der Waals surface area contributed by atoms with Crippen LogP contribution in [-0.4, -0.2) is 19.3 Å². The second kappa shape index (κ2) is 4.11. The van der Waals surface area contributed by atoms with E-state index in [2.05, 4.69) is 31.2 Å². The van der Waals surface area contributed by atoms with E-state index in [1.54, 1.807) is 0 Å². The lowest BCUT2D eigenvalue weighted by Gasteiger charge is -2.26. The molecular formula is C15H21NO. The van der Waals surface area contributed by atoms with E-state index in [1.165, 1.54) is 24.0 Å². The van der Waals surface area contributed by atoms with Crippen LogP contribution in [0, 0.1) is 5.92 Å². The minimum atomic E-state index is 0.272. The zero-order chi connectivity index (χ0) is 11.9. The van der Waals surface area contributed by atoms with E-state index in [-0.39, 0.29) is 11.5 Å². The second-order valence-corrected chi connectivity index (χ2v) is 5.75. The molecule has 1 atom stereocenters. The summed E-state index contributed by atoms with van der Waals surface area (Å²) in [6.07, 6.45) is 3.66. The van der Waals surface area contributed by atoms with Crippen molar-refractivity contribution in [1.29, 1.82) is 0 Å². The summed E-state index contributed by atoms with van der Waals surface area (Å²) in [5, 5.41) is 0. The molecule has 1 aliphatic carbocycles. The molecule has 92 valence electrons. The third-order valence-electron chi connectivity index (χ3n) is 4.42. The Bertz CT molecular complexity index is 388. The Morgan fingerprint density at radius 2 is 1.94 bits per heavy atom. The fourth-order valence-electron chi connectivity index (χ4n) is 2.85. The molecule has 1 saturated heterocycles. The average Bonchev–Trinajstić information content (AvgIpc) is 3.05. The molecule has 1 saturated carbocycles. The molecule has 2 N–H and O–H groups in total. The molecule has 2 nitrogen and oxygen atoms in total. The maximum atomic E-state index is 6.10. The van der Waals surface area contributed by atoms with Crippen molar-refractivity contribution in [3.63, 3.8) is 0 Å². The molecule has 17 heavy (non-hydrogen) atoms. The fraction of sp³-hybridized carbons (Fsp3) is 0.600. The maximum absolute atomic E-state index is 6.10. The smallest absolute Gasteiger partial charge is 0.0519 e. The number of benzene rings is 1. The molecule has 0 bridgehead atoms. The van der Waals surface area contributed by atoms with Crippen LogP contribution in [0.1, 0.15) is 30.9 Å². The van der Waals surface area contributed by atoms with Crippen LogP contribution in [-0.2, 0) is 16.6 Å². The van der Waals surface area contributed by atoms with Gasteiger partial charge in [0.05, 0.1) is 13.2 Å². The Hall–Kier alpha value is -0.860. The van der Waals surface area contributed by atoms with E-state index >= 15 is 0 Å². The molecule has 1 heterocycles. The van der Waals surface area contributed by atoms with Crippen molar-refractivity contribution >= 4 is 0 Å². The van der Waals surface area contributed by atoms with Crippen LogP contribution in [0.2, 0.25) is 0 Å². The van der Waals surface area contributed by atoms with Gasteiger partial charge in [-0.25, -0.2) is 0 Å². The van der Waals surface area contributed by atoms with Gasteiger partial charge in [0.15, 0.2) is 0 Å². The fourth-order valence-corrected chi connectivity index (χ4v) is 2.85. The standard InChI is InChI=1S/C15H21NO/c1-11(16)15(6-7-15)14-4-2-12(3-5-14)8-13-9-17-10-13/h2-5,11,13H,6-10,16H2,1H3. The first kappa shape index (κ1) is 11.2. The highest BCUT2D eigenvalue weighted by molar-refractivity contribution is 5.35. The first-order valence-electron chi connectivity index (χ1n) is 6.63. The third-order valence-corrected chi connectivity index (χ3v) is 4.42. The van der Waals surface area contributed by atoms with Crippen LogP contribution in [0.5, 0.6) is 0 Å². The Balaban J connectivity index is 1.71. The van der Waals surface area contributed by atoms with E-state index in [0.717, 1.165) is 25.6 Å². The summed E-state index contributed by atoms with van der Waals surface area (Å²) in [6, 6.07) is 9.39. The van der Waals surface area contributed by atoms with Gasteiger partial charge in [-0.3, -0.25) is 0 Å². The Kier molecular flexibility index (Phi) is 2.72. The van der Waals surface area contributed by atoms with E-state index in [9.17, 15) is 0 Å². The van der Waals surface area contributed by atoms with Gasteiger partial charge in [0.25, 0.3) is 0 Å². The molecule has 1 unspecified atom stereocenters. The zero-order valence-corrected chi connectivity index (χ0v) is 10.5. The summed E-state index contributed by atoms with van der Waals surface area (Å²) in [5.74, 6) is 0.740. The van der Waals surface area contributed by atoms with Gasteiger partial charge in [-0.15, -0.1) is 0 Å². The highest BCUT2D eigenvalue weighted by Gasteiger charge is 2.47. The van der Waals surface area contributed by atoms with Gasteiger partial charge >= 0.3 is 0 Å². The Morgan fingerprint density at radius 1 is 1.29 bits per heavy atom. The average molecular weight is 231 g/mol. The predicted molar refractivity (Wildman–Crippen MR) is 69.0 cm³/mol. The monoisotopic (exact) mass is 231 g/mol. The van der Waals surface area contributed by atoms with Crippen molar-refractivity contribution in [2.75, 3.05) is 13.2 Å². The molecular weight excluding hydrogens is 210 g/mol. The molecule has 1 aliphatic heterocycles. The third kappa shape index (κ3) is 2.00. The van der Waals surface area contributed by atoms with Crippen molar-refractivity contribution in [3.05, 3.63) is 35.4 Å². The summed E-state index contributed by atoms with van der Waals surface area (Å²) in [5.41, 5.74) is 9.25. The van der Waals surface area contributed by atoms with E-state index in [0.29, 0.717) is 0 Å². The highest BCUT2D eigenvalue weighted by Crippen LogP contribution is 2.50. The minimum absolute atomic E-state index is 0.272. The van der Waals surface area contributed by atoms with Gasteiger partial charge < -0.3 is 10.5 Å². The molecule has 0 spiro atoms. The molecule has 0 amide bonds. The van der Waals surface area contributed by atoms with Gasteiger partial charge in [0.2, 0.25) is 0 Å². The number of rotatable bonds is 4. The lowest BCUT2D eigenvalue weighted by Crippen LogP contribution is -2.31. The maximum Gasteiger partial charge on any atom is 0.0519 e. The topological polar surface area (TPSA) is 35.2 Å². The Labute approximate surface area is 103 Å². The second-order valence-electron chi connectivity index (χ2n) is 5.75. The van der Waals surface area contributed by atoms with E-state index < -0.39 is 0 Å². The molecule has 0 radical (unpaired) electrons. The van der Waals surface area contributed by atoms with Crippen LogP contribution in [0.4, 0.5) is 0 Å². The first-order chi connectivity index (χ1) is 8.21. The van der Waals surface area contributed by atoms with Crippen LogP contribution >= 0.6 is 0 Å². The number of nitrogens with two attached hydrogens (primary N) is 1. The van der Waals surface area contributed by atoms with Crippen LogP contribution < -0.4 is 5.73 Å². The summed E-state index contributed by atoms with van der Waals surface area (Å²) in [6.45, 7) is 4.00. The molecule has 0 aromatic heterocycles. The summed E-state index contributed by atoms with van der Waals surface area (Å²) >= 11 is 0. The largest absolute Gasteiger partial charge is 0.381 e. The van der Waals surface area contributed by atoms with Crippen LogP contribution in [0.25, 0.3) is 0 Å². The first-order valence-corrected chi connectivity index (χ1v) is 6.63. The van der Waals surface area contributed by atoms with Crippen molar-refractivity contribution in [3.8, 4) is 0 Å². The van der Waals surface area contributed by atoms with Crippen molar-refractivity contribution in [2.24, 2.45) is 11.7 Å². The molecule has 2 fully saturated rings. The zero-order valence-electron chi connectivity index (χ0n) is 10.5. The van der Waals surface area contributed by atoms with Crippen molar-refractivity contribution < 1.29 is 4.74 Å². The molecule has 3 rings (SSSR count). The highest BCUT2D eigenvalue weighted by atomic mass is 16.5. The summed E-state index contributed by atoms with van der Waals surface area (Å²) in [4.78, 5) is 0. The molecule has 1 aromatic rings. The normalized spacial score (nSPS) is 24.1. The molecule has 2 heteroatoms. The van der Waals surface area contributed by atoms with Gasteiger partial charge in [-0.05, 0) is 37.3 Å². The van der Waals surface area contributed by atoms with Crippen molar-refractivity contribution in [2.45, 2.75) is 37.6 Å². The molecule has 1 aromatic carbocycles. The van der Waals surface area contributed by atoms with E-state index in [1.807, 2.05) is 0 Å². The van der Waals surface area contributed by atoms with Crippen LogP contribution in [0.3, 0.4) is 0 Å². The lowest BCUT2D eigenvalue weighted by molar-refractivity contribution is -0.0312. The summed E-state index contributed by atoms with van der Waals surface area (Å²) < 4.78 is 5.21. The van der Waals surface area contributed by atoms with Gasteiger partial charge in [0, 0.05) is 17.4 Å². The quantitative estimate of drug-likeness (QED) is 0.862. The minimum Gasteiger partial charge on any atom is -0.381 e. The predicted octanol–water partition coefficient (Wildman–Crippen LogP) is 2.25. The number of hydrogen-bond donors (Lipinski definition) is 1. The number of hydrogen-bond acceptors (Lipinski definition) is 2. The Morgan fingerprint density at radius 3 is 2.35 bits per heavy atom.